The van der Waals surface area contributed by atoms with Gasteiger partial charge in [-0.3, -0.25) is 4.79 Å². The van der Waals surface area contributed by atoms with Gasteiger partial charge in [0, 0.05) is 13.6 Å². The molecular weight excluding hydrogens is 298 g/mol. The fourth-order valence-corrected chi connectivity index (χ4v) is 1.67. The van der Waals surface area contributed by atoms with Crippen LogP contribution in [0.3, 0.4) is 0 Å². The van der Waals surface area contributed by atoms with Crippen molar-refractivity contribution in [2.45, 2.75) is 6.92 Å². The van der Waals surface area contributed by atoms with Gasteiger partial charge in [-0.15, -0.1) is 0 Å². The number of rotatable bonds is 5. The number of nitrogens with zero attached hydrogens (tertiary/aromatic N) is 1. The van der Waals surface area contributed by atoms with Crippen molar-refractivity contribution in [3.05, 3.63) is 28.8 Å². The Labute approximate surface area is 126 Å². The quantitative estimate of drug-likeness (QED) is 0.769. The van der Waals surface area contributed by atoms with E-state index in [2.05, 4.69) is 10.6 Å². The highest BCUT2D eigenvalue weighted by atomic mass is 35.5. The molecule has 0 spiro atoms. The van der Waals surface area contributed by atoms with E-state index >= 15 is 0 Å². The number of carbonyl (C=O) groups is 3. The van der Waals surface area contributed by atoms with Gasteiger partial charge < -0.3 is 20.6 Å². The van der Waals surface area contributed by atoms with E-state index in [1.165, 1.54) is 25.2 Å². The molecule has 3 N–H and O–H groups in total. The third kappa shape index (κ3) is 4.96. The van der Waals surface area contributed by atoms with Crippen molar-refractivity contribution in [1.82, 2.24) is 10.2 Å². The molecule has 7 nitrogen and oxygen atoms in total. The van der Waals surface area contributed by atoms with Crippen LogP contribution in [0.1, 0.15) is 17.3 Å². The van der Waals surface area contributed by atoms with Crippen molar-refractivity contribution in [3.63, 3.8) is 0 Å². The highest BCUT2D eigenvalue weighted by Gasteiger charge is 2.15. The number of carboxylic acid groups (broad SMARTS) is 1. The van der Waals surface area contributed by atoms with Crippen LogP contribution in [0.2, 0.25) is 5.02 Å². The number of halogens is 1. The maximum atomic E-state index is 11.9. The fourth-order valence-electron chi connectivity index (χ4n) is 1.51. The predicted octanol–water partition coefficient (Wildman–Crippen LogP) is 1.64. The van der Waals surface area contributed by atoms with Gasteiger partial charge in [0.25, 0.3) is 0 Å². The summed E-state index contributed by atoms with van der Waals surface area (Å²) in [7, 11) is 1.44. The predicted molar refractivity (Wildman–Crippen MR) is 78.7 cm³/mol. The Balaban J connectivity index is 2.76. The Kier molecular flexibility index (Phi) is 5.98. The highest BCUT2D eigenvalue weighted by Crippen LogP contribution is 2.23. The minimum absolute atomic E-state index is 0.000999. The molecule has 0 fully saturated rings. The summed E-state index contributed by atoms with van der Waals surface area (Å²) < 4.78 is 0. The van der Waals surface area contributed by atoms with Gasteiger partial charge in [0.2, 0.25) is 5.91 Å². The molecule has 0 atom stereocenters. The largest absolute Gasteiger partial charge is 0.478 e. The molecular formula is C13H16ClN3O4. The van der Waals surface area contributed by atoms with Gasteiger partial charge in [0.15, 0.2) is 0 Å². The van der Waals surface area contributed by atoms with Crippen LogP contribution in [0, 0.1) is 0 Å². The molecule has 1 rings (SSSR count). The standard InChI is InChI=1S/C13H16ClN3O4/c1-3-15-11(18)7-17(2)13(21)16-10-6-8(12(19)20)4-5-9(10)14/h4-6H,3,7H2,1-2H3,(H,15,18)(H,16,21)(H,19,20). The lowest BCUT2D eigenvalue weighted by Gasteiger charge is -2.18. The van der Waals surface area contributed by atoms with E-state index in [1.54, 1.807) is 6.92 Å². The van der Waals surface area contributed by atoms with Crippen LogP contribution in [0.5, 0.6) is 0 Å². The Hall–Kier alpha value is -2.28. The van der Waals surface area contributed by atoms with E-state index in [4.69, 9.17) is 16.7 Å². The first-order valence-corrected chi connectivity index (χ1v) is 6.54. The number of benzene rings is 1. The van der Waals surface area contributed by atoms with Crippen molar-refractivity contribution in [2.24, 2.45) is 0 Å². The molecule has 0 bridgehead atoms. The SMILES string of the molecule is CCNC(=O)CN(C)C(=O)Nc1cc(C(=O)O)ccc1Cl. The highest BCUT2D eigenvalue weighted by molar-refractivity contribution is 6.33. The number of amides is 3. The number of hydrogen-bond acceptors (Lipinski definition) is 3. The van der Waals surface area contributed by atoms with Gasteiger partial charge in [-0.1, -0.05) is 11.6 Å². The molecule has 0 unspecified atom stereocenters. The molecule has 0 aliphatic heterocycles. The number of hydrogen-bond donors (Lipinski definition) is 3. The number of urea groups is 1. The van der Waals surface area contributed by atoms with Crippen molar-refractivity contribution in [2.75, 3.05) is 25.5 Å². The average Bonchev–Trinajstić information content (AvgIpc) is 2.40. The third-order valence-corrected chi connectivity index (χ3v) is 2.89. The maximum Gasteiger partial charge on any atom is 0.335 e. The van der Waals surface area contributed by atoms with Crippen molar-refractivity contribution < 1.29 is 19.5 Å². The lowest BCUT2D eigenvalue weighted by molar-refractivity contribution is -0.121. The molecule has 114 valence electrons. The van der Waals surface area contributed by atoms with Crippen LogP contribution in [0.15, 0.2) is 18.2 Å². The van der Waals surface area contributed by atoms with E-state index in [-0.39, 0.29) is 28.7 Å². The minimum atomic E-state index is -1.13. The number of carbonyl (C=O) groups excluding carboxylic acids is 2. The van der Waals surface area contributed by atoms with Gasteiger partial charge in [-0.25, -0.2) is 9.59 Å². The summed E-state index contributed by atoms with van der Waals surface area (Å²) in [4.78, 5) is 35.3. The summed E-state index contributed by atoms with van der Waals surface area (Å²) in [5, 5.41) is 14.1. The molecule has 0 saturated heterocycles. The molecule has 0 aliphatic carbocycles. The Morgan fingerprint density at radius 2 is 2.00 bits per heavy atom. The molecule has 0 saturated carbocycles. The van der Waals surface area contributed by atoms with Gasteiger partial charge in [0.1, 0.15) is 6.54 Å². The van der Waals surface area contributed by atoms with Crippen LogP contribution in [-0.2, 0) is 4.79 Å². The lowest BCUT2D eigenvalue weighted by Crippen LogP contribution is -2.40. The van der Waals surface area contributed by atoms with Gasteiger partial charge in [0.05, 0.1) is 16.3 Å². The first-order chi connectivity index (χ1) is 9.85. The summed E-state index contributed by atoms with van der Waals surface area (Å²) in [6.45, 7) is 2.13. The monoisotopic (exact) mass is 313 g/mol. The minimum Gasteiger partial charge on any atom is -0.478 e. The second kappa shape index (κ2) is 7.49. The smallest absolute Gasteiger partial charge is 0.335 e. The zero-order chi connectivity index (χ0) is 16.0. The number of carboxylic acids is 1. The molecule has 0 heterocycles. The Bertz CT molecular complexity index is 562. The number of likely N-dealkylation sites (N-methyl/N-ethyl adjacent to an activating group) is 2. The van der Waals surface area contributed by atoms with Crippen molar-refractivity contribution in [1.29, 1.82) is 0 Å². The molecule has 21 heavy (non-hydrogen) atoms. The molecule has 3 amide bonds. The zero-order valence-corrected chi connectivity index (χ0v) is 12.4. The number of aromatic carboxylic acids is 1. The van der Waals surface area contributed by atoms with E-state index < -0.39 is 12.0 Å². The fraction of sp³-hybridized carbons (Fsp3) is 0.308. The summed E-state index contributed by atoms with van der Waals surface area (Å²) in [5.74, 6) is -1.42. The van der Waals surface area contributed by atoms with Gasteiger partial charge in [-0.05, 0) is 25.1 Å². The zero-order valence-electron chi connectivity index (χ0n) is 11.6. The summed E-state index contributed by atoms with van der Waals surface area (Å²) in [5.41, 5.74) is 0.172. The van der Waals surface area contributed by atoms with E-state index in [0.717, 1.165) is 4.90 Å². The first-order valence-electron chi connectivity index (χ1n) is 6.16. The van der Waals surface area contributed by atoms with Crippen molar-refractivity contribution in [3.8, 4) is 0 Å². The van der Waals surface area contributed by atoms with Crippen molar-refractivity contribution >= 4 is 35.2 Å². The van der Waals surface area contributed by atoms with E-state index in [0.29, 0.717) is 6.54 Å². The summed E-state index contributed by atoms with van der Waals surface area (Å²) in [6, 6.07) is 3.40. The van der Waals surface area contributed by atoms with Crippen LogP contribution >= 0.6 is 11.6 Å². The molecule has 8 heteroatoms. The summed E-state index contributed by atoms with van der Waals surface area (Å²) in [6.07, 6.45) is 0. The maximum absolute atomic E-state index is 11.9. The van der Waals surface area contributed by atoms with Crippen LogP contribution in [0.4, 0.5) is 10.5 Å². The normalized spacial score (nSPS) is 9.86. The van der Waals surface area contributed by atoms with Crippen LogP contribution in [-0.4, -0.2) is 48.1 Å². The van der Waals surface area contributed by atoms with E-state index in [9.17, 15) is 14.4 Å². The molecule has 1 aromatic rings. The topological polar surface area (TPSA) is 98.7 Å². The first kappa shape index (κ1) is 16.8. The van der Waals surface area contributed by atoms with E-state index in [1.807, 2.05) is 0 Å². The second-order valence-corrected chi connectivity index (χ2v) is 4.65. The summed E-state index contributed by atoms with van der Waals surface area (Å²) >= 11 is 5.90. The number of nitrogens with one attached hydrogen (secondary N) is 2. The Morgan fingerprint density at radius 1 is 1.33 bits per heavy atom. The average molecular weight is 314 g/mol. The Morgan fingerprint density at radius 3 is 2.57 bits per heavy atom. The van der Waals surface area contributed by atoms with Crippen LogP contribution in [0.25, 0.3) is 0 Å². The molecule has 0 aromatic heterocycles. The third-order valence-electron chi connectivity index (χ3n) is 2.56. The number of anilines is 1. The van der Waals surface area contributed by atoms with Gasteiger partial charge >= 0.3 is 12.0 Å². The second-order valence-electron chi connectivity index (χ2n) is 4.24. The van der Waals surface area contributed by atoms with Crippen LogP contribution < -0.4 is 10.6 Å². The molecule has 0 aliphatic rings. The lowest BCUT2D eigenvalue weighted by atomic mass is 10.2. The molecule has 1 aromatic carbocycles. The molecule has 0 radical (unpaired) electrons. The van der Waals surface area contributed by atoms with Gasteiger partial charge in [-0.2, -0.15) is 0 Å².